The normalized spacial score (nSPS) is 11.3. The van der Waals surface area contributed by atoms with Crippen LogP contribution in [-0.2, 0) is 6.54 Å². The molecule has 1 heterocycles. The summed E-state index contributed by atoms with van der Waals surface area (Å²) in [6.45, 7) is 0.205. The molecule has 0 spiro atoms. The zero-order chi connectivity index (χ0) is 23.4. The number of hydrogen-bond donors (Lipinski definition) is 0. The van der Waals surface area contributed by atoms with E-state index in [0.717, 1.165) is 17.7 Å². The van der Waals surface area contributed by atoms with Crippen molar-refractivity contribution in [1.82, 2.24) is 4.98 Å². The monoisotopic (exact) mass is 472 g/mol. The van der Waals surface area contributed by atoms with Crippen LogP contribution < -0.4 is 9.64 Å². The number of thiazole rings is 1. The summed E-state index contributed by atoms with van der Waals surface area (Å²) in [5.41, 5.74) is 2.30. The maximum absolute atomic E-state index is 13.3. The van der Waals surface area contributed by atoms with Crippen molar-refractivity contribution in [2.75, 3.05) is 4.90 Å². The fourth-order valence-corrected chi connectivity index (χ4v) is 3.92. The van der Waals surface area contributed by atoms with Crippen LogP contribution in [-0.4, -0.2) is 17.3 Å². The van der Waals surface area contributed by atoms with Crippen molar-refractivity contribution in [2.24, 2.45) is 0 Å². The van der Waals surface area contributed by atoms with E-state index >= 15 is 0 Å². The Balaban J connectivity index is 1.64. The number of rotatable bonds is 6. The Bertz CT molecular complexity index is 1220. The quantitative estimate of drug-likeness (QED) is 0.294. The Morgan fingerprint density at radius 2 is 1.61 bits per heavy atom. The highest BCUT2D eigenvalue weighted by Gasteiger charge is 2.31. The van der Waals surface area contributed by atoms with Gasteiger partial charge in [0.05, 0.1) is 12.2 Å². The van der Waals surface area contributed by atoms with Crippen LogP contribution >= 0.6 is 11.3 Å². The summed E-state index contributed by atoms with van der Waals surface area (Å²) in [6.07, 6.45) is -4.82. The van der Waals surface area contributed by atoms with Crippen LogP contribution in [0.15, 0.2) is 84.2 Å². The first-order chi connectivity index (χ1) is 15.8. The molecule has 9 heteroatoms. The van der Waals surface area contributed by atoms with Crippen molar-refractivity contribution < 1.29 is 27.1 Å². The summed E-state index contributed by atoms with van der Waals surface area (Å²) in [4.78, 5) is 19.3. The average molecular weight is 472 g/mol. The molecule has 0 fully saturated rings. The molecule has 0 saturated heterocycles. The molecule has 168 valence electrons. The van der Waals surface area contributed by atoms with Crippen molar-refractivity contribution >= 4 is 22.4 Å². The smallest absolute Gasteiger partial charge is 0.406 e. The molecule has 4 rings (SSSR count). The zero-order valence-corrected chi connectivity index (χ0v) is 17.7. The lowest BCUT2D eigenvalue weighted by molar-refractivity contribution is -0.274. The SMILES string of the molecule is O=C(c1ccc(OC(F)(F)F)cc1)N(Cc1ccccc1)c1nc(-c2ccc(F)cc2)cs1. The van der Waals surface area contributed by atoms with Gasteiger partial charge < -0.3 is 4.74 Å². The van der Waals surface area contributed by atoms with E-state index in [1.54, 1.807) is 17.5 Å². The van der Waals surface area contributed by atoms with Gasteiger partial charge in [-0.15, -0.1) is 24.5 Å². The molecule has 1 aromatic heterocycles. The summed E-state index contributed by atoms with van der Waals surface area (Å²) in [6, 6.07) is 19.8. The van der Waals surface area contributed by atoms with E-state index in [1.807, 2.05) is 30.3 Å². The van der Waals surface area contributed by atoms with Crippen molar-refractivity contribution in [3.63, 3.8) is 0 Å². The van der Waals surface area contributed by atoms with Gasteiger partial charge >= 0.3 is 6.36 Å². The third-order valence-corrected chi connectivity index (χ3v) is 5.49. The Hall–Kier alpha value is -3.72. The van der Waals surface area contributed by atoms with Crippen LogP contribution in [0.4, 0.5) is 22.7 Å². The molecule has 0 saturated carbocycles. The number of aromatic nitrogens is 1. The van der Waals surface area contributed by atoms with E-state index in [4.69, 9.17) is 0 Å². The molecule has 4 aromatic rings. The van der Waals surface area contributed by atoms with Gasteiger partial charge in [0.25, 0.3) is 5.91 Å². The number of halogens is 4. The van der Waals surface area contributed by atoms with Gasteiger partial charge in [0.2, 0.25) is 0 Å². The first-order valence-corrected chi connectivity index (χ1v) is 10.6. The lowest BCUT2D eigenvalue weighted by atomic mass is 10.1. The van der Waals surface area contributed by atoms with Crippen molar-refractivity contribution in [3.8, 4) is 17.0 Å². The molecule has 33 heavy (non-hydrogen) atoms. The predicted octanol–water partition coefficient (Wildman–Crippen LogP) is 6.69. The highest BCUT2D eigenvalue weighted by molar-refractivity contribution is 7.14. The Morgan fingerprint density at radius 1 is 0.939 bits per heavy atom. The van der Waals surface area contributed by atoms with Gasteiger partial charge in [-0.1, -0.05) is 30.3 Å². The number of carbonyl (C=O) groups excluding carboxylic acids is 1. The largest absolute Gasteiger partial charge is 0.573 e. The lowest BCUT2D eigenvalue weighted by Gasteiger charge is -2.20. The maximum Gasteiger partial charge on any atom is 0.573 e. The molecule has 0 aliphatic heterocycles. The first kappa shape index (κ1) is 22.5. The van der Waals surface area contributed by atoms with Crippen LogP contribution in [0.2, 0.25) is 0 Å². The van der Waals surface area contributed by atoms with Gasteiger partial charge in [-0.25, -0.2) is 9.37 Å². The topological polar surface area (TPSA) is 42.4 Å². The number of anilines is 1. The van der Waals surface area contributed by atoms with Crippen LogP contribution in [0.3, 0.4) is 0 Å². The molecular formula is C24H16F4N2O2S. The van der Waals surface area contributed by atoms with E-state index in [9.17, 15) is 22.4 Å². The van der Waals surface area contributed by atoms with Gasteiger partial charge in [0, 0.05) is 16.5 Å². The molecule has 0 atom stereocenters. The fourth-order valence-electron chi connectivity index (χ4n) is 3.09. The minimum absolute atomic E-state index is 0.180. The van der Waals surface area contributed by atoms with E-state index in [0.29, 0.717) is 16.4 Å². The number of benzene rings is 3. The van der Waals surface area contributed by atoms with Crippen molar-refractivity contribution in [1.29, 1.82) is 0 Å². The van der Waals surface area contributed by atoms with E-state index in [2.05, 4.69) is 9.72 Å². The molecular weight excluding hydrogens is 456 g/mol. The molecule has 4 nitrogen and oxygen atoms in total. The highest BCUT2D eigenvalue weighted by Crippen LogP contribution is 2.30. The van der Waals surface area contributed by atoms with E-state index in [1.165, 1.54) is 40.5 Å². The Labute approximate surface area is 190 Å². The molecule has 0 radical (unpaired) electrons. The third kappa shape index (κ3) is 5.75. The molecule has 0 aliphatic carbocycles. The standard InChI is InChI=1S/C24H16F4N2O2S/c25-19-10-6-17(7-11-19)21-15-33-23(29-21)30(14-16-4-2-1-3-5-16)22(31)18-8-12-20(13-9-18)32-24(26,27)28/h1-13,15H,14H2. The van der Waals surface area contributed by atoms with Crippen LogP contribution in [0.1, 0.15) is 15.9 Å². The minimum atomic E-state index is -4.82. The summed E-state index contributed by atoms with van der Waals surface area (Å²) in [7, 11) is 0. The van der Waals surface area contributed by atoms with E-state index in [-0.39, 0.29) is 17.9 Å². The molecule has 0 bridgehead atoms. The molecule has 0 unspecified atom stereocenters. The Kier molecular flexibility index (Phi) is 6.41. The lowest BCUT2D eigenvalue weighted by Crippen LogP contribution is -2.30. The number of hydrogen-bond acceptors (Lipinski definition) is 4. The Morgan fingerprint density at radius 3 is 2.24 bits per heavy atom. The molecule has 1 amide bonds. The average Bonchev–Trinajstić information content (AvgIpc) is 3.28. The second kappa shape index (κ2) is 9.41. The van der Waals surface area contributed by atoms with Gasteiger partial charge in [-0.05, 0) is 54.1 Å². The van der Waals surface area contributed by atoms with Crippen LogP contribution in [0.5, 0.6) is 5.75 Å². The summed E-state index contributed by atoms with van der Waals surface area (Å²) >= 11 is 1.24. The van der Waals surface area contributed by atoms with Gasteiger partial charge in [-0.3, -0.25) is 9.69 Å². The van der Waals surface area contributed by atoms with Crippen molar-refractivity contribution in [3.05, 3.63) is 101 Å². The molecule has 0 aliphatic rings. The third-order valence-electron chi connectivity index (χ3n) is 4.63. The number of nitrogens with zero attached hydrogens (tertiary/aromatic N) is 2. The van der Waals surface area contributed by atoms with Gasteiger partial charge in [-0.2, -0.15) is 0 Å². The summed E-state index contributed by atoms with van der Waals surface area (Å²) in [5.74, 6) is -1.22. The van der Waals surface area contributed by atoms with Crippen LogP contribution in [0.25, 0.3) is 11.3 Å². The molecule has 3 aromatic carbocycles. The first-order valence-electron chi connectivity index (χ1n) is 9.71. The summed E-state index contributed by atoms with van der Waals surface area (Å²) in [5, 5.41) is 2.16. The maximum atomic E-state index is 13.3. The number of ether oxygens (including phenoxy) is 1. The predicted molar refractivity (Wildman–Crippen MR) is 118 cm³/mol. The highest BCUT2D eigenvalue weighted by atomic mass is 32.1. The zero-order valence-electron chi connectivity index (χ0n) is 16.9. The fraction of sp³-hybridized carbons (Fsp3) is 0.0833. The van der Waals surface area contributed by atoms with E-state index < -0.39 is 18.0 Å². The van der Waals surface area contributed by atoms with Gasteiger partial charge in [0.1, 0.15) is 11.6 Å². The second-order valence-corrected chi connectivity index (χ2v) is 7.81. The van der Waals surface area contributed by atoms with Gasteiger partial charge in [0.15, 0.2) is 5.13 Å². The minimum Gasteiger partial charge on any atom is -0.406 e. The van der Waals surface area contributed by atoms with Crippen LogP contribution in [0, 0.1) is 5.82 Å². The van der Waals surface area contributed by atoms with Crippen molar-refractivity contribution in [2.45, 2.75) is 12.9 Å². The number of amides is 1. The molecule has 0 N–H and O–H groups in total. The number of carbonyl (C=O) groups is 1. The second-order valence-electron chi connectivity index (χ2n) is 6.97. The summed E-state index contributed by atoms with van der Waals surface area (Å²) < 4.78 is 54.4. The number of alkyl halides is 3.